The molecule has 1 aromatic rings. The van der Waals surface area contributed by atoms with Crippen LogP contribution >= 0.6 is 0 Å². The summed E-state index contributed by atoms with van der Waals surface area (Å²) in [6.07, 6.45) is 2.83. The van der Waals surface area contributed by atoms with Crippen LogP contribution in [-0.2, 0) is 9.59 Å². The van der Waals surface area contributed by atoms with Crippen LogP contribution < -0.4 is 0 Å². The molecule has 4 heteroatoms. The second kappa shape index (κ2) is 9.11. The van der Waals surface area contributed by atoms with Crippen molar-refractivity contribution in [3.8, 4) is 0 Å². The van der Waals surface area contributed by atoms with Gasteiger partial charge in [-0.2, -0.15) is 0 Å². The van der Waals surface area contributed by atoms with Crippen molar-refractivity contribution >= 4 is 11.6 Å². The Hall–Kier alpha value is -2.20. The summed E-state index contributed by atoms with van der Waals surface area (Å²) < 4.78 is 0. The molecule has 184 valence electrons. The second-order valence-electron chi connectivity index (χ2n) is 12.1. The third-order valence-electron chi connectivity index (χ3n) is 7.97. The Morgan fingerprint density at radius 3 is 1.74 bits per heavy atom. The highest BCUT2D eigenvalue weighted by molar-refractivity contribution is 6.06. The molecule has 34 heavy (non-hydrogen) atoms. The van der Waals surface area contributed by atoms with Gasteiger partial charge in [0.2, 0.25) is 0 Å². The Morgan fingerprint density at radius 1 is 0.824 bits per heavy atom. The second-order valence-corrected chi connectivity index (χ2v) is 12.1. The summed E-state index contributed by atoms with van der Waals surface area (Å²) >= 11 is 0. The highest BCUT2D eigenvalue weighted by Gasteiger charge is 2.48. The summed E-state index contributed by atoms with van der Waals surface area (Å²) in [5, 5.41) is 0. The lowest BCUT2D eigenvalue weighted by atomic mass is 9.63. The van der Waals surface area contributed by atoms with Gasteiger partial charge in [-0.25, -0.2) is 0 Å². The number of carbonyl (C=O) groups excluding carboxylic acids is 2. The molecule has 4 nitrogen and oxygen atoms in total. The monoisotopic (exact) mass is 462 g/mol. The fourth-order valence-corrected chi connectivity index (χ4v) is 6.19. The van der Waals surface area contributed by atoms with Crippen molar-refractivity contribution in [2.75, 3.05) is 26.2 Å². The van der Waals surface area contributed by atoms with Crippen LogP contribution in [0.15, 0.2) is 46.8 Å². The van der Waals surface area contributed by atoms with Gasteiger partial charge in [0.15, 0.2) is 11.6 Å². The first-order valence-electron chi connectivity index (χ1n) is 13.1. The van der Waals surface area contributed by atoms with Crippen molar-refractivity contribution in [3.05, 3.63) is 57.9 Å². The van der Waals surface area contributed by atoms with Crippen LogP contribution in [0.5, 0.6) is 0 Å². The van der Waals surface area contributed by atoms with Crippen LogP contribution in [0.25, 0.3) is 0 Å². The summed E-state index contributed by atoms with van der Waals surface area (Å²) in [7, 11) is 0. The maximum absolute atomic E-state index is 13.8. The first-order valence-corrected chi connectivity index (χ1v) is 13.1. The molecule has 0 saturated carbocycles. The van der Waals surface area contributed by atoms with Crippen LogP contribution in [0.4, 0.5) is 0 Å². The minimum absolute atomic E-state index is 0.0759. The molecule has 4 rings (SSSR count). The smallest absolute Gasteiger partial charge is 0.162 e. The van der Waals surface area contributed by atoms with Gasteiger partial charge in [-0.05, 0) is 49.2 Å². The lowest BCUT2D eigenvalue weighted by Crippen LogP contribution is -2.46. The van der Waals surface area contributed by atoms with Gasteiger partial charge in [-0.3, -0.25) is 9.59 Å². The number of aryl methyl sites for hydroxylation is 1. The number of hydrogen-bond acceptors (Lipinski definition) is 4. The molecule has 0 bridgehead atoms. The number of nitrogens with zero attached hydrogens (tertiary/aromatic N) is 2. The fraction of sp³-hybridized carbons (Fsp3) is 0.600. The molecule has 2 aliphatic carbocycles. The summed E-state index contributed by atoms with van der Waals surface area (Å²) in [5.74, 6) is 0.199. The molecule has 0 aromatic heterocycles. The van der Waals surface area contributed by atoms with Crippen molar-refractivity contribution in [2.24, 2.45) is 10.8 Å². The number of allylic oxidation sites excluding steroid dienone is 4. The molecule has 0 N–H and O–H groups in total. The van der Waals surface area contributed by atoms with E-state index in [9.17, 15) is 9.59 Å². The van der Waals surface area contributed by atoms with Crippen molar-refractivity contribution in [1.29, 1.82) is 0 Å². The van der Waals surface area contributed by atoms with E-state index in [0.29, 0.717) is 12.8 Å². The highest BCUT2D eigenvalue weighted by Crippen LogP contribution is 2.54. The Labute approximate surface area is 206 Å². The van der Waals surface area contributed by atoms with E-state index in [0.717, 1.165) is 55.7 Å². The van der Waals surface area contributed by atoms with Gasteiger partial charge in [-0.15, -0.1) is 0 Å². The molecular weight excluding hydrogens is 420 g/mol. The topological polar surface area (TPSA) is 40.6 Å². The number of hydrogen-bond donors (Lipinski definition) is 0. The van der Waals surface area contributed by atoms with E-state index in [1.807, 2.05) is 0 Å². The van der Waals surface area contributed by atoms with Gasteiger partial charge in [0.05, 0.1) is 0 Å². The molecule has 1 heterocycles. The number of benzene rings is 1. The number of ketones is 2. The van der Waals surface area contributed by atoms with Gasteiger partial charge >= 0.3 is 0 Å². The molecule has 0 fully saturated rings. The predicted molar refractivity (Wildman–Crippen MR) is 139 cm³/mol. The average Bonchev–Trinajstić information content (AvgIpc) is 2.73. The number of carbonyl (C=O) groups is 2. The molecule has 0 amide bonds. The summed E-state index contributed by atoms with van der Waals surface area (Å²) in [5.41, 5.74) is 6.22. The highest BCUT2D eigenvalue weighted by atomic mass is 16.1. The van der Waals surface area contributed by atoms with Gasteiger partial charge in [0, 0.05) is 54.4 Å². The third-order valence-corrected chi connectivity index (χ3v) is 7.97. The van der Waals surface area contributed by atoms with Crippen molar-refractivity contribution in [3.63, 3.8) is 0 Å². The third kappa shape index (κ3) is 4.66. The van der Waals surface area contributed by atoms with Gasteiger partial charge in [-0.1, -0.05) is 71.4 Å². The summed E-state index contributed by atoms with van der Waals surface area (Å²) in [6, 6.07) is 8.47. The van der Waals surface area contributed by atoms with E-state index in [-0.39, 0.29) is 28.3 Å². The minimum Gasteiger partial charge on any atom is -0.346 e. The Balaban J connectivity index is 1.92. The van der Waals surface area contributed by atoms with Gasteiger partial charge < -0.3 is 9.80 Å². The molecule has 0 atom stereocenters. The maximum Gasteiger partial charge on any atom is 0.162 e. The van der Waals surface area contributed by atoms with E-state index < -0.39 is 0 Å². The normalized spacial score (nSPS) is 22.4. The SMILES string of the molecule is CCN(CC)CCN1C2=C(C(=O)CC(C)(C)C2)C(c2ccc(C)cc2)C2=C1CC(C)(C)CC2=O. The van der Waals surface area contributed by atoms with Crippen LogP contribution in [-0.4, -0.2) is 47.5 Å². The van der Waals surface area contributed by atoms with Crippen LogP contribution in [0.3, 0.4) is 0 Å². The lowest BCUT2D eigenvalue weighted by molar-refractivity contribution is -0.119. The van der Waals surface area contributed by atoms with E-state index in [1.54, 1.807) is 0 Å². The zero-order valence-corrected chi connectivity index (χ0v) is 22.3. The quantitative estimate of drug-likeness (QED) is 0.518. The minimum atomic E-state index is -0.234. The van der Waals surface area contributed by atoms with Crippen LogP contribution in [0.1, 0.15) is 84.3 Å². The van der Waals surface area contributed by atoms with Crippen LogP contribution in [0, 0.1) is 17.8 Å². The number of rotatable bonds is 6. The van der Waals surface area contributed by atoms with Gasteiger partial charge in [0.25, 0.3) is 0 Å². The molecule has 1 aliphatic heterocycles. The molecular formula is C30H42N2O2. The van der Waals surface area contributed by atoms with Crippen molar-refractivity contribution in [1.82, 2.24) is 9.80 Å². The summed E-state index contributed by atoms with van der Waals surface area (Å²) in [4.78, 5) is 32.4. The lowest BCUT2D eigenvalue weighted by Gasteiger charge is -2.49. The molecule has 0 radical (unpaired) electrons. The molecule has 0 saturated heterocycles. The van der Waals surface area contributed by atoms with E-state index >= 15 is 0 Å². The van der Waals surface area contributed by atoms with E-state index in [2.05, 4.69) is 82.5 Å². The molecule has 1 aromatic carbocycles. The Bertz CT molecular complexity index is 984. The average molecular weight is 463 g/mol. The molecule has 0 unspecified atom stereocenters. The largest absolute Gasteiger partial charge is 0.346 e. The Kier molecular flexibility index (Phi) is 6.67. The standard InChI is InChI=1S/C30H42N2O2/c1-8-31(9-2)14-15-32-22-16-29(4,5)18-24(33)27(22)26(21-12-10-20(3)11-13-21)28-23(32)17-30(6,7)19-25(28)34/h10-13,26H,8-9,14-19H2,1-7H3. The fourth-order valence-electron chi connectivity index (χ4n) is 6.19. The van der Waals surface area contributed by atoms with Crippen molar-refractivity contribution < 1.29 is 9.59 Å². The zero-order chi connectivity index (χ0) is 24.8. The predicted octanol–water partition coefficient (Wildman–Crippen LogP) is 6.02. The van der Waals surface area contributed by atoms with Crippen molar-refractivity contribution in [2.45, 2.75) is 80.1 Å². The van der Waals surface area contributed by atoms with Crippen LogP contribution in [0.2, 0.25) is 0 Å². The number of likely N-dealkylation sites (N-methyl/N-ethyl adjacent to an activating group) is 1. The van der Waals surface area contributed by atoms with Gasteiger partial charge in [0.1, 0.15) is 0 Å². The first-order chi connectivity index (χ1) is 16.0. The molecule has 3 aliphatic rings. The first kappa shape index (κ1) is 24.9. The van der Waals surface area contributed by atoms with E-state index in [4.69, 9.17) is 0 Å². The molecule has 0 spiro atoms. The maximum atomic E-state index is 13.8. The zero-order valence-electron chi connectivity index (χ0n) is 22.3. The summed E-state index contributed by atoms with van der Waals surface area (Å²) in [6.45, 7) is 19.1. The Morgan fingerprint density at radius 2 is 1.29 bits per heavy atom. The van der Waals surface area contributed by atoms with E-state index in [1.165, 1.54) is 17.0 Å². The number of Topliss-reactive ketones (excluding diaryl/α,β-unsaturated/α-hetero) is 2.